The van der Waals surface area contributed by atoms with Crippen LogP contribution < -0.4 is 5.73 Å². The lowest BCUT2D eigenvalue weighted by Gasteiger charge is -2.23. The van der Waals surface area contributed by atoms with Crippen molar-refractivity contribution in [2.75, 3.05) is 11.5 Å². The fourth-order valence-electron chi connectivity index (χ4n) is 1.26. The summed E-state index contributed by atoms with van der Waals surface area (Å²) in [6.07, 6.45) is 2.01. The van der Waals surface area contributed by atoms with E-state index in [1.807, 2.05) is 6.92 Å². The summed E-state index contributed by atoms with van der Waals surface area (Å²) in [5.41, 5.74) is 4.33. The summed E-state index contributed by atoms with van der Waals surface area (Å²) in [5.74, 6) is -0.673. The lowest BCUT2D eigenvalue weighted by Crippen LogP contribution is -2.48. The Bertz CT molecular complexity index is 327. The average molecular weight is 250 g/mol. The van der Waals surface area contributed by atoms with Gasteiger partial charge in [-0.2, -0.15) is 0 Å². The highest BCUT2D eigenvalue weighted by Crippen LogP contribution is 2.14. The molecule has 0 aromatic rings. The van der Waals surface area contributed by atoms with Gasteiger partial charge in [-0.15, -0.1) is 0 Å². The first-order valence-electron chi connectivity index (χ1n) is 5.54. The van der Waals surface area contributed by atoms with Gasteiger partial charge in [0.05, 0.1) is 0 Å². The van der Waals surface area contributed by atoms with Crippen LogP contribution in [0, 0.1) is 4.78 Å². The highest BCUT2D eigenvalue weighted by Gasteiger charge is 2.32. The topological polar surface area (TPSA) is 104 Å². The predicted molar refractivity (Wildman–Crippen MR) is 65.0 cm³/mol. The van der Waals surface area contributed by atoms with Crippen LogP contribution in [0.1, 0.15) is 39.5 Å². The van der Waals surface area contributed by atoms with Gasteiger partial charge in [0.2, 0.25) is 0 Å². The van der Waals surface area contributed by atoms with E-state index in [9.17, 15) is 9.00 Å². The molecule has 0 heterocycles. The molecule has 96 valence electrons. The van der Waals surface area contributed by atoms with Crippen LogP contribution in [-0.2, 0) is 14.5 Å². The maximum atomic E-state index is 11.7. The Morgan fingerprint density at radius 1 is 1.44 bits per heavy atom. The van der Waals surface area contributed by atoms with Gasteiger partial charge in [0.1, 0.15) is 5.54 Å². The van der Waals surface area contributed by atoms with Gasteiger partial charge in [-0.1, -0.05) is 20.3 Å². The Hall–Kier alpha value is -0.620. The SMILES string of the molecule is CCCCS(=N)(=O)CCC(N)(CC)C(=O)O. The van der Waals surface area contributed by atoms with E-state index < -0.39 is 21.2 Å². The number of unbranched alkanes of at least 4 members (excludes halogenated alkanes) is 1. The molecular formula is C10H22N2O3S. The second kappa shape index (κ2) is 6.20. The largest absolute Gasteiger partial charge is 0.480 e. The molecule has 0 radical (unpaired) electrons. The molecule has 0 aliphatic heterocycles. The minimum absolute atomic E-state index is 0.0731. The Kier molecular flexibility index (Phi) is 5.96. The van der Waals surface area contributed by atoms with Gasteiger partial charge in [-0.25, -0.2) is 4.21 Å². The highest BCUT2D eigenvalue weighted by molar-refractivity contribution is 7.92. The van der Waals surface area contributed by atoms with E-state index in [1.165, 1.54) is 0 Å². The van der Waals surface area contributed by atoms with E-state index >= 15 is 0 Å². The molecule has 0 spiro atoms. The number of carbonyl (C=O) groups is 1. The molecule has 0 aromatic carbocycles. The van der Waals surface area contributed by atoms with Crippen LogP contribution in [-0.4, -0.2) is 32.3 Å². The molecule has 0 saturated heterocycles. The van der Waals surface area contributed by atoms with Gasteiger partial charge in [-0.05, 0) is 19.3 Å². The number of carboxylic acids is 1. The first-order chi connectivity index (χ1) is 7.27. The zero-order chi connectivity index (χ0) is 12.8. The van der Waals surface area contributed by atoms with Gasteiger partial charge in [-0.3, -0.25) is 9.57 Å². The standard InChI is InChI=1S/C10H22N2O3S/c1-3-5-7-16(12,15)8-6-10(11,4-2)9(13)14/h12H,3-8,11H2,1-2H3,(H,13,14). The number of carboxylic acid groups (broad SMARTS) is 1. The molecule has 0 amide bonds. The zero-order valence-electron chi connectivity index (χ0n) is 9.99. The molecule has 5 nitrogen and oxygen atoms in total. The molecule has 16 heavy (non-hydrogen) atoms. The van der Waals surface area contributed by atoms with E-state index in [-0.39, 0.29) is 18.6 Å². The quantitative estimate of drug-likeness (QED) is 0.606. The van der Waals surface area contributed by atoms with Crippen LogP contribution in [0.2, 0.25) is 0 Å². The number of hydrogen-bond acceptors (Lipinski definition) is 4. The van der Waals surface area contributed by atoms with Crippen molar-refractivity contribution in [3.8, 4) is 0 Å². The molecule has 4 N–H and O–H groups in total. The third-order valence-corrected chi connectivity index (χ3v) is 4.57. The molecule has 0 bridgehead atoms. The van der Waals surface area contributed by atoms with Crippen molar-refractivity contribution in [2.45, 2.75) is 45.1 Å². The summed E-state index contributed by atoms with van der Waals surface area (Å²) in [5, 5.41) is 8.93. The van der Waals surface area contributed by atoms with Gasteiger partial charge in [0.25, 0.3) is 0 Å². The normalized spacial score (nSPS) is 18.7. The van der Waals surface area contributed by atoms with Gasteiger partial charge < -0.3 is 10.8 Å². The summed E-state index contributed by atoms with van der Waals surface area (Å²) in [7, 11) is -2.66. The Labute approximate surface area is 97.4 Å². The van der Waals surface area contributed by atoms with E-state index in [0.717, 1.165) is 12.8 Å². The van der Waals surface area contributed by atoms with Crippen LogP contribution in [0.5, 0.6) is 0 Å². The summed E-state index contributed by atoms with van der Waals surface area (Å²) >= 11 is 0. The van der Waals surface area contributed by atoms with Gasteiger partial charge in [0.15, 0.2) is 0 Å². The smallest absolute Gasteiger partial charge is 0.323 e. The number of rotatable bonds is 8. The third-order valence-electron chi connectivity index (χ3n) is 2.76. The Morgan fingerprint density at radius 2 is 2.00 bits per heavy atom. The van der Waals surface area contributed by atoms with Crippen molar-refractivity contribution in [3.63, 3.8) is 0 Å². The zero-order valence-corrected chi connectivity index (χ0v) is 10.8. The van der Waals surface area contributed by atoms with Crippen molar-refractivity contribution in [1.29, 1.82) is 4.78 Å². The lowest BCUT2D eigenvalue weighted by molar-refractivity contribution is -0.143. The molecule has 0 saturated carbocycles. The number of hydrogen-bond donors (Lipinski definition) is 3. The molecule has 2 atom stereocenters. The second-order valence-electron chi connectivity index (χ2n) is 4.14. The number of nitrogens with one attached hydrogen (secondary N) is 1. The second-order valence-corrected chi connectivity index (χ2v) is 6.58. The van der Waals surface area contributed by atoms with Crippen molar-refractivity contribution in [3.05, 3.63) is 0 Å². The maximum Gasteiger partial charge on any atom is 0.323 e. The summed E-state index contributed by atoms with van der Waals surface area (Å²) in [6.45, 7) is 3.65. The summed E-state index contributed by atoms with van der Waals surface area (Å²) in [6, 6.07) is 0. The average Bonchev–Trinajstić information content (AvgIpc) is 2.23. The van der Waals surface area contributed by atoms with Crippen molar-refractivity contribution in [2.24, 2.45) is 5.73 Å². The van der Waals surface area contributed by atoms with Gasteiger partial charge in [0, 0.05) is 21.2 Å². The van der Waals surface area contributed by atoms with Crippen LogP contribution in [0.15, 0.2) is 0 Å². The minimum atomic E-state index is -2.66. The Balaban J connectivity index is 4.37. The highest BCUT2D eigenvalue weighted by atomic mass is 32.2. The first-order valence-corrected chi connectivity index (χ1v) is 7.43. The number of aliphatic carboxylic acids is 1. The third kappa shape index (κ3) is 4.94. The van der Waals surface area contributed by atoms with Crippen molar-refractivity contribution in [1.82, 2.24) is 0 Å². The predicted octanol–water partition coefficient (Wildman–Crippen LogP) is 1.42. The molecular weight excluding hydrogens is 228 g/mol. The van der Waals surface area contributed by atoms with Crippen LogP contribution in [0.25, 0.3) is 0 Å². The summed E-state index contributed by atoms with van der Waals surface area (Å²) < 4.78 is 19.4. The number of nitrogens with two attached hydrogens (primary N) is 1. The fourth-order valence-corrected chi connectivity index (χ4v) is 2.91. The van der Waals surface area contributed by atoms with E-state index in [2.05, 4.69) is 0 Å². The van der Waals surface area contributed by atoms with E-state index in [0.29, 0.717) is 5.75 Å². The molecule has 0 aliphatic carbocycles. The lowest BCUT2D eigenvalue weighted by atomic mass is 9.95. The fraction of sp³-hybridized carbons (Fsp3) is 0.900. The van der Waals surface area contributed by atoms with Gasteiger partial charge >= 0.3 is 5.97 Å². The maximum absolute atomic E-state index is 11.7. The molecule has 0 fully saturated rings. The summed E-state index contributed by atoms with van der Waals surface area (Å²) in [4.78, 5) is 10.9. The van der Waals surface area contributed by atoms with E-state index in [1.54, 1.807) is 6.92 Å². The van der Waals surface area contributed by atoms with Crippen molar-refractivity contribution < 1.29 is 14.1 Å². The minimum Gasteiger partial charge on any atom is -0.480 e. The van der Waals surface area contributed by atoms with E-state index in [4.69, 9.17) is 15.6 Å². The van der Waals surface area contributed by atoms with Crippen LogP contribution >= 0.6 is 0 Å². The first kappa shape index (κ1) is 15.4. The molecule has 0 aromatic heterocycles. The monoisotopic (exact) mass is 250 g/mol. The molecule has 0 rings (SSSR count). The molecule has 0 aliphatic rings. The van der Waals surface area contributed by atoms with Crippen LogP contribution in [0.3, 0.4) is 0 Å². The Morgan fingerprint density at radius 3 is 2.38 bits per heavy atom. The van der Waals surface area contributed by atoms with Crippen LogP contribution in [0.4, 0.5) is 0 Å². The molecule has 2 unspecified atom stereocenters. The van der Waals surface area contributed by atoms with Crippen molar-refractivity contribution >= 4 is 15.7 Å². The molecule has 6 heteroatoms.